The predicted molar refractivity (Wildman–Crippen MR) is 184 cm³/mol. The number of nitrogens with one attached hydrogen (secondary N) is 2. The summed E-state index contributed by atoms with van der Waals surface area (Å²) < 4.78 is 61.1. The molecule has 8 atom stereocenters. The number of nitrogens with two attached hydrogens (primary N) is 1. The van der Waals surface area contributed by atoms with Crippen LogP contribution in [-0.2, 0) is 45.9 Å². The van der Waals surface area contributed by atoms with Crippen LogP contribution in [0.5, 0.6) is 0 Å². The number of aliphatic hydroxyl groups excluding tert-OH is 2. The molecule has 22 nitrogen and oxygen atoms in total. The van der Waals surface area contributed by atoms with Crippen LogP contribution in [0.15, 0.2) is 11.3 Å². The number of phosphoric acid groups is 3. The first-order valence-corrected chi connectivity index (χ1v) is 21.1. The van der Waals surface area contributed by atoms with Gasteiger partial charge in [-0.1, -0.05) is 34.6 Å². The fourth-order valence-corrected chi connectivity index (χ4v) is 8.44. The number of carbonyl (C=O) groups is 2. The summed E-state index contributed by atoms with van der Waals surface area (Å²) in [4.78, 5) is 75.6. The van der Waals surface area contributed by atoms with E-state index in [1.165, 1.54) is 20.1 Å². The second-order valence-corrected chi connectivity index (χ2v) is 19.5. The van der Waals surface area contributed by atoms with Gasteiger partial charge in [0.25, 0.3) is 0 Å². The van der Waals surface area contributed by atoms with Gasteiger partial charge in [0.2, 0.25) is 11.8 Å². The first kappa shape index (κ1) is 44.5. The maximum absolute atomic E-state index is 12.7. The van der Waals surface area contributed by atoms with Gasteiger partial charge >= 0.3 is 23.5 Å². The molecule has 2 aliphatic rings. The highest BCUT2D eigenvalue weighted by atomic mass is 32.2. The lowest BCUT2D eigenvalue weighted by atomic mass is 9.87. The number of carbonyl (C=O) groups excluding carboxylic acids is 2. The minimum Gasteiger partial charge on any atom is -0.388 e. The lowest BCUT2D eigenvalue weighted by Crippen LogP contribution is -2.46. The lowest BCUT2D eigenvalue weighted by molar-refractivity contribution is -0.137. The SMILES string of the molecule is CC(C)(C)SCCNC(=O)CCNC(=O)C(O)C(C)(C)COP(=O)(O)OP(=O)(O)OCC1OC(C2C=Nc3c(N)ncnc32)C(O)C1OP(=O)(O)O. The standard InChI is InChI=1S/C26H45N6O16P3S/c1-25(2,3)52-9-8-28-16(33)6-7-29-24(36)22(35)26(4,5)12-45-51(42,43)48-50(40,41)44-11-15-21(47-49(37,38)39)19(34)20(46-15)14-10-30-18-17(14)31-13-32-23(18)27/h10,13-15,19-22,34-35H,6-9,11-12H2,1-5H3,(H,28,33)(H,29,36)(H,40,41)(H,42,43)(H2,27,31,32)(H2,37,38,39). The van der Waals surface area contributed by atoms with Gasteiger partial charge in [-0.3, -0.25) is 28.2 Å². The highest BCUT2D eigenvalue weighted by Crippen LogP contribution is 2.61. The second kappa shape index (κ2) is 17.7. The molecular weight excluding hydrogens is 777 g/mol. The van der Waals surface area contributed by atoms with Gasteiger partial charge in [-0.2, -0.15) is 16.1 Å². The van der Waals surface area contributed by atoms with Crippen molar-refractivity contribution in [3.05, 3.63) is 12.0 Å². The Bertz CT molecular complexity index is 1610. The van der Waals surface area contributed by atoms with Gasteiger partial charge in [-0.05, 0) is 0 Å². The molecule has 1 fully saturated rings. The molecule has 2 aliphatic heterocycles. The summed E-state index contributed by atoms with van der Waals surface area (Å²) in [5, 5.41) is 26.5. The fourth-order valence-electron chi connectivity index (χ4n) is 4.79. The molecule has 1 saturated heterocycles. The molecule has 1 aromatic rings. The molecule has 3 heterocycles. The van der Waals surface area contributed by atoms with Crippen LogP contribution in [0.25, 0.3) is 0 Å². The number of aromatic nitrogens is 2. The van der Waals surface area contributed by atoms with E-state index in [9.17, 15) is 53.1 Å². The van der Waals surface area contributed by atoms with Crippen molar-refractivity contribution in [2.45, 2.75) is 82.2 Å². The van der Waals surface area contributed by atoms with E-state index < -0.39 is 84.4 Å². The number of amides is 2. The highest BCUT2D eigenvalue weighted by molar-refractivity contribution is 8.00. The Labute approximate surface area is 303 Å². The van der Waals surface area contributed by atoms with Gasteiger partial charge in [-0.15, -0.1) is 0 Å². The van der Waals surface area contributed by atoms with Gasteiger partial charge in [0.05, 0.1) is 24.8 Å². The van der Waals surface area contributed by atoms with Gasteiger partial charge < -0.3 is 50.9 Å². The van der Waals surface area contributed by atoms with E-state index in [0.29, 0.717) is 12.3 Å². The van der Waals surface area contributed by atoms with Crippen LogP contribution in [0.3, 0.4) is 0 Å². The summed E-state index contributed by atoms with van der Waals surface area (Å²) in [6, 6.07) is 0. The van der Waals surface area contributed by atoms with Crippen molar-refractivity contribution in [2.75, 3.05) is 37.8 Å². The minimum atomic E-state index is -5.53. The zero-order valence-corrected chi connectivity index (χ0v) is 32.3. The van der Waals surface area contributed by atoms with Crippen molar-refractivity contribution >= 4 is 64.8 Å². The maximum atomic E-state index is 12.7. The monoisotopic (exact) mass is 822 g/mol. The predicted octanol–water partition coefficient (Wildman–Crippen LogP) is 0.256. The van der Waals surface area contributed by atoms with Crippen molar-refractivity contribution < 1.29 is 75.7 Å². The number of phosphoric ester groups is 3. The summed E-state index contributed by atoms with van der Waals surface area (Å²) in [5.41, 5.74) is 4.59. The Hall–Kier alpha value is -1.91. The summed E-state index contributed by atoms with van der Waals surface area (Å²) in [5.74, 6) is -1.48. The molecule has 296 valence electrons. The van der Waals surface area contributed by atoms with Gasteiger partial charge in [0, 0.05) is 41.6 Å². The van der Waals surface area contributed by atoms with Crippen LogP contribution in [-0.4, -0.2) is 125 Å². The van der Waals surface area contributed by atoms with E-state index in [0.717, 1.165) is 6.33 Å². The number of aliphatic imine (C=N–C) groups is 1. The van der Waals surface area contributed by atoms with Crippen molar-refractivity contribution in [2.24, 2.45) is 10.4 Å². The summed E-state index contributed by atoms with van der Waals surface area (Å²) in [7, 11) is -16.3. The largest absolute Gasteiger partial charge is 0.481 e. The third kappa shape index (κ3) is 13.4. The Kier molecular flexibility index (Phi) is 15.1. The number of anilines is 1. The van der Waals surface area contributed by atoms with Gasteiger partial charge in [0.15, 0.2) is 5.82 Å². The van der Waals surface area contributed by atoms with Crippen molar-refractivity contribution in [3.8, 4) is 0 Å². The number of nitrogen functional groups attached to an aromatic ring is 1. The maximum Gasteiger partial charge on any atom is 0.481 e. The van der Waals surface area contributed by atoms with E-state index in [1.807, 2.05) is 20.8 Å². The number of ether oxygens (including phenoxy) is 1. The molecule has 26 heteroatoms. The second-order valence-electron chi connectivity index (χ2n) is 13.3. The van der Waals surface area contributed by atoms with Crippen LogP contribution < -0.4 is 16.4 Å². The van der Waals surface area contributed by atoms with Crippen LogP contribution in [0, 0.1) is 5.41 Å². The molecule has 0 spiro atoms. The van der Waals surface area contributed by atoms with E-state index >= 15 is 0 Å². The van der Waals surface area contributed by atoms with E-state index in [4.69, 9.17) is 19.5 Å². The van der Waals surface area contributed by atoms with Crippen LogP contribution in [0.1, 0.15) is 52.7 Å². The van der Waals surface area contributed by atoms with Crippen molar-refractivity contribution in [1.82, 2.24) is 20.6 Å². The van der Waals surface area contributed by atoms with E-state index in [2.05, 4.69) is 34.4 Å². The quantitative estimate of drug-likeness (QED) is 0.0667. The number of fused-ring (bicyclic) bond motifs is 1. The smallest absolute Gasteiger partial charge is 0.388 e. The number of aliphatic hydroxyl groups is 2. The zero-order chi connectivity index (χ0) is 39.3. The molecule has 1 aromatic heterocycles. The molecule has 2 amide bonds. The van der Waals surface area contributed by atoms with Crippen molar-refractivity contribution in [3.63, 3.8) is 0 Å². The average molecular weight is 823 g/mol. The Morgan fingerprint density at radius 1 is 1.04 bits per heavy atom. The van der Waals surface area contributed by atoms with Crippen LogP contribution >= 0.6 is 35.2 Å². The lowest BCUT2D eigenvalue weighted by Gasteiger charge is -2.30. The molecule has 3 rings (SSSR count). The number of thioether (sulfide) groups is 1. The Balaban J connectivity index is 1.52. The number of nitrogens with zero attached hydrogens (tertiary/aromatic N) is 3. The Morgan fingerprint density at radius 3 is 2.33 bits per heavy atom. The number of hydrogen-bond donors (Lipinski definition) is 9. The topological polar surface area (TPSA) is 341 Å². The zero-order valence-electron chi connectivity index (χ0n) is 28.8. The third-order valence-electron chi connectivity index (χ3n) is 7.35. The summed E-state index contributed by atoms with van der Waals surface area (Å²) in [6.45, 7) is 7.06. The molecular formula is C26H45N6O16P3S. The highest BCUT2D eigenvalue weighted by Gasteiger charge is 2.52. The van der Waals surface area contributed by atoms with E-state index in [1.54, 1.807) is 11.8 Å². The van der Waals surface area contributed by atoms with Gasteiger partial charge in [0.1, 0.15) is 42.5 Å². The first-order valence-electron chi connectivity index (χ1n) is 15.6. The molecule has 0 radical (unpaired) electrons. The molecule has 8 unspecified atom stereocenters. The molecule has 0 aliphatic carbocycles. The van der Waals surface area contributed by atoms with Crippen molar-refractivity contribution in [1.29, 1.82) is 0 Å². The molecule has 0 aromatic carbocycles. The summed E-state index contributed by atoms with van der Waals surface area (Å²) in [6.07, 6.45) is -6.17. The average Bonchev–Trinajstić information content (AvgIpc) is 3.56. The number of hydrogen-bond acceptors (Lipinski definition) is 17. The van der Waals surface area contributed by atoms with Crippen LogP contribution in [0.4, 0.5) is 11.5 Å². The third-order valence-corrected chi connectivity index (χ3v) is 11.7. The molecule has 10 N–H and O–H groups in total. The Morgan fingerprint density at radius 2 is 1.69 bits per heavy atom. The molecule has 0 saturated carbocycles. The van der Waals surface area contributed by atoms with Crippen LogP contribution in [0.2, 0.25) is 0 Å². The van der Waals surface area contributed by atoms with Gasteiger partial charge in [-0.25, -0.2) is 23.7 Å². The normalized spacial score (nSPS) is 24.9. The molecule has 52 heavy (non-hydrogen) atoms. The number of rotatable bonds is 19. The minimum absolute atomic E-state index is 0.00687. The molecule has 0 bridgehead atoms. The van der Waals surface area contributed by atoms with E-state index in [-0.39, 0.29) is 40.8 Å². The first-order chi connectivity index (χ1) is 23.8. The fraction of sp³-hybridized carbons (Fsp3) is 0.731. The summed E-state index contributed by atoms with van der Waals surface area (Å²) >= 11 is 1.67.